The molecule has 7 nitrogen and oxygen atoms in total. The van der Waals surface area contributed by atoms with Crippen LogP contribution in [0.5, 0.6) is 0 Å². The molecule has 0 radical (unpaired) electrons. The first-order chi connectivity index (χ1) is 8.08. The molecule has 0 bridgehead atoms. The highest BCUT2D eigenvalue weighted by atomic mass is 32.1. The van der Waals surface area contributed by atoms with Gasteiger partial charge in [0.15, 0.2) is 6.29 Å². The van der Waals surface area contributed by atoms with Crippen molar-refractivity contribution in [2.75, 3.05) is 20.8 Å². The number of rotatable bonds is 6. The summed E-state index contributed by atoms with van der Waals surface area (Å²) >= 11 is 0.823. The van der Waals surface area contributed by atoms with Crippen LogP contribution in [0.15, 0.2) is 12.1 Å². The minimum absolute atomic E-state index is 0.0646. The second kappa shape index (κ2) is 6.28. The first-order valence-corrected chi connectivity index (χ1v) is 5.48. The molecule has 0 aliphatic heterocycles. The molecule has 1 heterocycles. The van der Waals surface area contributed by atoms with Crippen LogP contribution >= 0.6 is 11.3 Å². The van der Waals surface area contributed by atoms with Crippen LogP contribution in [0.25, 0.3) is 0 Å². The van der Waals surface area contributed by atoms with E-state index in [2.05, 4.69) is 5.32 Å². The Morgan fingerprint density at radius 1 is 1.53 bits per heavy atom. The van der Waals surface area contributed by atoms with Crippen molar-refractivity contribution in [1.82, 2.24) is 5.32 Å². The highest BCUT2D eigenvalue weighted by Crippen LogP contribution is 2.23. The van der Waals surface area contributed by atoms with E-state index >= 15 is 0 Å². The molecule has 0 aromatic carbocycles. The standard InChI is InChI=1S/C9H12N2O5S/c1-15-8(16-2)5-10-9(12)6-3-4-7(17-6)11(13)14/h3-4,8H,5H2,1-2H3,(H,10,12). The van der Waals surface area contributed by atoms with E-state index in [1.807, 2.05) is 0 Å². The minimum atomic E-state index is -0.533. The van der Waals surface area contributed by atoms with Crippen LogP contribution in [-0.2, 0) is 9.47 Å². The number of methoxy groups -OCH3 is 2. The van der Waals surface area contributed by atoms with Crippen LogP contribution in [-0.4, -0.2) is 37.9 Å². The molecule has 0 atom stereocenters. The van der Waals surface area contributed by atoms with Crippen molar-refractivity contribution < 1.29 is 19.2 Å². The first-order valence-electron chi connectivity index (χ1n) is 4.66. The molecule has 0 unspecified atom stereocenters. The number of hydrogen-bond donors (Lipinski definition) is 1. The number of carbonyl (C=O) groups excluding carboxylic acids is 1. The summed E-state index contributed by atoms with van der Waals surface area (Å²) in [5.41, 5.74) is 0. The lowest BCUT2D eigenvalue weighted by Crippen LogP contribution is -2.33. The molecule has 1 N–H and O–H groups in total. The van der Waals surface area contributed by atoms with Gasteiger partial charge >= 0.3 is 5.00 Å². The maximum Gasteiger partial charge on any atom is 0.324 e. The lowest BCUT2D eigenvalue weighted by atomic mass is 10.4. The van der Waals surface area contributed by atoms with Gasteiger partial charge in [0.1, 0.15) is 0 Å². The maximum absolute atomic E-state index is 11.6. The summed E-state index contributed by atoms with van der Waals surface area (Å²) < 4.78 is 9.77. The number of hydrogen-bond acceptors (Lipinski definition) is 6. The Morgan fingerprint density at radius 2 is 2.18 bits per heavy atom. The lowest BCUT2D eigenvalue weighted by Gasteiger charge is -2.13. The van der Waals surface area contributed by atoms with E-state index in [1.165, 1.54) is 26.4 Å². The normalized spacial score (nSPS) is 10.5. The summed E-state index contributed by atoms with van der Waals surface area (Å²) in [6.45, 7) is 0.178. The topological polar surface area (TPSA) is 90.7 Å². The van der Waals surface area contributed by atoms with Crippen LogP contribution in [0.3, 0.4) is 0 Å². The molecule has 0 fully saturated rings. The zero-order valence-corrected chi connectivity index (χ0v) is 10.2. The largest absolute Gasteiger partial charge is 0.354 e. The smallest absolute Gasteiger partial charge is 0.324 e. The molecule has 94 valence electrons. The molecule has 0 saturated heterocycles. The third-order valence-electron chi connectivity index (χ3n) is 1.95. The van der Waals surface area contributed by atoms with Gasteiger partial charge in [-0.3, -0.25) is 14.9 Å². The highest BCUT2D eigenvalue weighted by Gasteiger charge is 2.16. The number of amides is 1. The van der Waals surface area contributed by atoms with E-state index in [9.17, 15) is 14.9 Å². The Hall–Kier alpha value is -1.51. The molecule has 0 aliphatic carbocycles. The van der Waals surface area contributed by atoms with Crippen molar-refractivity contribution in [3.63, 3.8) is 0 Å². The number of thiophene rings is 1. The summed E-state index contributed by atoms with van der Waals surface area (Å²) in [4.78, 5) is 21.8. The summed E-state index contributed by atoms with van der Waals surface area (Å²) in [5.74, 6) is -0.387. The zero-order valence-electron chi connectivity index (χ0n) is 9.34. The molecule has 8 heteroatoms. The van der Waals surface area contributed by atoms with E-state index in [1.54, 1.807) is 0 Å². The van der Waals surface area contributed by atoms with Gasteiger partial charge in [-0.15, -0.1) is 0 Å². The van der Waals surface area contributed by atoms with Gasteiger partial charge in [-0.25, -0.2) is 0 Å². The van der Waals surface area contributed by atoms with Gasteiger partial charge in [0.2, 0.25) is 0 Å². The number of nitrogens with one attached hydrogen (secondary N) is 1. The average Bonchev–Trinajstić information content (AvgIpc) is 2.79. The zero-order chi connectivity index (χ0) is 12.8. The highest BCUT2D eigenvalue weighted by molar-refractivity contribution is 7.17. The molecule has 1 rings (SSSR count). The summed E-state index contributed by atoms with van der Waals surface area (Å²) in [5, 5.41) is 12.9. The molecular formula is C9H12N2O5S. The number of nitrogens with zero attached hydrogens (tertiary/aromatic N) is 1. The Bertz CT molecular complexity index is 402. The van der Waals surface area contributed by atoms with Gasteiger partial charge < -0.3 is 14.8 Å². The minimum Gasteiger partial charge on any atom is -0.354 e. The second-order valence-corrected chi connectivity index (χ2v) is 4.07. The van der Waals surface area contributed by atoms with Crippen LogP contribution in [0.1, 0.15) is 9.67 Å². The van der Waals surface area contributed by atoms with Gasteiger partial charge in [0.25, 0.3) is 5.91 Å². The molecule has 0 spiro atoms. The number of carbonyl (C=O) groups is 1. The Kier molecular flexibility index (Phi) is 5.01. The Labute approximate surface area is 101 Å². The predicted octanol–water partition coefficient (Wildman–Crippen LogP) is 1.00. The SMILES string of the molecule is COC(CNC(=O)c1ccc([N+](=O)[O-])s1)OC. The average molecular weight is 260 g/mol. The van der Waals surface area contributed by atoms with Crippen molar-refractivity contribution in [3.05, 3.63) is 27.1 Å². The van der Waals surface area contributed by atoms with E-state index in [0.717, 1.165) is 11.3 Å². The fourth-order valence-corrected chi connectivity index (χ4v) is 1.81. The summed E-state index contributed by atoms with van der Waals surface area (Å²) in [6, 6.07) is 2.70. The van der Waals surface area contributed by atoms with Crippen molar-refractivity contribution in [3.8, 4) is 0 Å². The van der Waals surface area contributed by atoms with Crippen LogP contribution in [0.4, 0.5) is 5.00 Å². The molecule has 1 aromatic rings. The molecule has 0 saturated carbocycles. The van der Waals surface area contributed by atoms with Crippen LogP contribution in [0, 0.1) is 10.1 Å². The van der Waals surface area contributed by atoms with Crippen molar-refractivity contribution in [2.45, 2.75) is 6.29 Å². The summed E-state index contributed by atoms with van der Waals surface area (Å²) in [7, 11) is 2.91. The number of nitro groups is 1. The van der Waals surface area contributed by atoms with Gasteiger partial charge in [-0.1, -0.05) is 11.3 Å². The van der Waals surface area contributed by atoms with Crippen molar-refractivity contribution in [1.29, 1.82) is 0 Å². The van der Waals surface area contributed by atoms with E-state index in [-0.39, 0.29) is 22.3 Å². The monoisotopic (exact) mass is 260 g/mol. The third kappa shape index (κ3) is 3.77. The summed E-state index contributed by atoms with van der Waals surface area (Å²) in [6.07, 6.45) is -0.533. The molecule has 17 heavy (non-hydrogen) atoms. The van der Waals surface area contributed by atoms with Crippen molar-refractivity contribution >= 4 is 22.2 Å². The third-order valence-corrected chi connectivity index (χ3v) is 2.99. The van der Waals surface area contributed by atoms with Crippen molar-refractivity contribution in [2.24, 2.45) is 0 Å². The van der Waals surface area contributed by atoms with Gasteiger partial charge in [0, 0.05) is 20.3 Å². The fourth-order valence-electron chi connectivity index (χ4n) is 1.07. The Morgan fingerprint density at radius 3 is 2.65 bits per heavy atom. The maximum atomic E-state index is 11.6. The molecule has 1 amide bonds. The second-order valence-electron chi connectivity index (χ2n) is 3.01. The fraction of sp³-hybridized carbons (Fsp3) is 0.444. The van der Waals surface area contributed by atoms with E-state index < -0.39 is 11.2 Å². The Balaban J connectivity index is 2.54. The molecular weight excluding hydrogens is 248 g/mol. The van der Waals surface area contributed by atoms with Crippen LogP contribution < -0.4 is 5.32 Å². The molecule has 0 aliphatic rings. The van der Waals surface area contributed by atoms with Crippen LogP contribution in [0.2, 0.25) is 0 Å². The number of ether oxygens (including phenoxy) is 2. The van der Waals surface area contributed by atoms with Gasteiger partial charge in [-0.05, 0) is 6.07 Å². The van der Waals surface area contributed by atoms with E-state index in [0.29, 0.717) is 0 Å². The quantitative estimate of drug-likeness (QED) is 0.468. The molecule has 1 aromatic heterocycles. The van der Waals surface area contributed by atoms with E-state index in [4.69, 9.17) is 9.47 Å². The lowest BCUT2D eigenvalue weighted by molar-refractivity contribution is -0.380. The van der Waals surface area contributed by atoms with Gasteiger partial charge in [0.05, 0.1) is 16.3 Å². The van der Waals surface area contributed by atoms with Gasteiger partial charge in [-0.2, -0.15) is 0 Å². The predicted molar refractivity (Wildman–Crippen MR) is 61.1 cm³/mol. The first kappa shape index (κ1) is 13.6.